The van der Waals surface area contributed by atoms with Crippen LogP contribution in [-0.4, -0.2) is 4.98 Å². The quantitative estimate of drug-likeness (QED) is 0.205. The molecule has 0 aliphatic heterocycles. The second-order valence-corrected chi connectivity index (χ2v) is 12.9. The molecule has 0 atom stereocenters. The molecule has 6 aromatic carbocycles. The standard InChI is InChI=1S/C39H24N2S2/c1-2-9-25(10-3-1)26-17-20-28(21-18-26)41(33-14-8-16-35-37(33)31-13-6-7-15-34(31)42-35)29-23-36-38(40-24-29)32-22-19-27-11-4-5-12-30(27)39(32)43-36/h1-24H. The maximum absolute atomic E-state index is 5.11. The lowest BCUT2D eigenvalue weighted by molar-refractivity contribution is 1.27. The predicted octanol–water partition coefficient (Wildman–Crippen LogP) is 12.1. The second kappa shape index (κ2) is 9.77. The maximum Gasteiger partial charge on any atom is 0.0890 e. The Morgan fingerprint density at radius 3 is 2.12 bits per heavy atom. The first-order chi connectivity index (χ1) is 21.3. The van der Waals surface area contributed by atoms with Gasteiger partial charge in [-0.15, -0.1) is 22.7 Å². The van der Waals surface area contributed by atoms with Crippen LogP contribution in [0.25, 0.3) is 62.4 Å². The highest BCUT2D eigenvalue weighted by molar-refractivity contribution is 7.26. The van der Waals surface area contributed by atoms with Crippen LogP contribution in [0, 0.1) is 0 Å². The Bertz CT molecular complexity index is 2450. The summed E-state index contributed by atoms with van der Waals surface area (Å²) in [7, 11) is 0. The van der Waals surface area contributed by atoms with Gasteiger partial charge < -0.3 is 4.90 Å². The largest absolute Gasteiger partial charge is 0.308 e. The van der Waals surface area contributed by atoms with E-state index in [1.165, 1.54) is 56.9 Å². The zero-order valence-electron chi connectivity index (χ0n) is 23.1. The Balaban J connectivity index is 1.28. The fraction of sp³-hybridized carbons (Fsp3) is 0. The third-order valence-electron chi connectivity index (χ3n) is 8.30. The summed E-state index contributed by atoms with van der Waals surface area (Å²) in [5.41, 5.74) is 6.80. The van der Waals surface area contributed by atoms with Gasteiger partial charge in [-0.25, -0.2) is 0 Å². The maximum atomic E-state index is 5.11. The summed E-state index contributed by atoms with van der Waals surface area (Å²) in [5.74, 6) is 0. The second-order valence-electron chi connectivity index (χ2n) is 10.8. The molecule has 202 valence electrons. The molecule has 2 nitrogen and oxygen atoms in total. The topological polar surface area (TPSA) is 16.1 Å². The van der Waals surface area contributed by atoms with E-state index in [0.29, 0.717) is 0 Å². The molecule has 9 aromatic rings. The van der Waals surface area contributed by atoms with Crippen molar-refractivity contribution in [2.45, 2.75) is 0 Å². The lowest BCUT2D eigenvalue weighted by atomic mass is 10.0. The molecular formula is C39H24N2S2. The minimum atomic E-state index is 1.05. The smallest absolute Gasteiger partial charge is 0.0890 e. The van der Waals surface area contributed by atoms with Crippen LogP contribution in [-0.2, 0) is 0 Å². The van der Waals surface area contributed by atoms with Gasteiger partial charge in [0, 0.05) is 35.9 Å². The number of benzene rings is 6. The molecule has 0 spiro atoms. The van der Waals surface area contributed by atoms with Gasteiger partial charge in [0.1, 0.15) is 0 Å². The van der Waals surface area contributed by atoms with E-state index in [-0.39, 0.29) is 0 Å². The van der Waals surface area contributed by atoms with Crippen molar-refractivity contribution in [2.24, 2.45) is 0 Å². The highest BCUT2D eigenvalue weighted by atomic mass is 32.1. The van der Waals surface area contributed by atoms with Gasteiger partial charge in [0.2, 0.25) is 0 Å². The molecular weight excluding hydrogens is 561 g/mol. The third kappa shape index (κ3) is 3.95. The number of hydrogen-bond acceptors (Lipinski definition) is 4. The van der Waals surface area contributed by atoms with Gasteiger partial charge in [0.25, 0.3) is 0 Å². The van der Waals surface area contributed by atoms with E-state index >= 15 is 0 Å². The molecule has 0 amide bonds. The van der Waals surface area contributed by atoms with Crippen molar-refractivity contribution >= 4 is 91.0 Å². The summed E-state index contributed by atoms with van der Waals surface area (Å²) in [6.45, 7) is 0. The van der Waals surface area contributed by atoms with Crippen LogP contribution < -0.4 is 4.90 Å². The normalized spacial score (nSPS) is 11.7. The fourth-order valence-corrected chi connectivity index (χ4v) is 8.65. The van der Waals surface area contributed by atoms with E-state index in [0.717, 1.165) is 22.6 Å². The van der Waals surface area contributed by atoms with Crippen molar-refractivity contribution in [3.05, 3.63) is 146 Å². The summed E-state index contributed by atoms with van der Waals surface area (Å²) in [4.78, 5) is 7.49. The van der Waals surface area contributed by atoms with Crippen LogP contribution in [0.1, 0.15) is 0 Å². The number of thiophene rings is 2. The van der Waals surface area contributed by atoms with Gasteiger partial charge in [0.05, 0.1) is 27.8 Å². The molecule has 43 heavy (non-hydrogen) atoms. The van der Waals surface area contributed by atoms with E-state index in [2.05, 4.69) is 144 Å². The first kappa shape index (κ1) is 24.6. The van der Waals surface area contributed by atoms with E-state index in [1.807, 2.05) is 28.9 Å². The number of hydrogen-bond donors (Lipinski definition) is 0. The average Bonchev–Trinajstić information content (AvgIpc) is 3.64. The zero-order chi connectivity index (χ0) is 28.3. The molecule has 0 N–H and O–H groups in total. The van der Waals surface area contributed by atoms with Gasteiger partial charge in [-0.2, -0.15) is 0 Å². The fourth-order valence-electron chi connectivity index (χ4n) is 6.29. The van der Waals surface area contributed by atoms with Gasteiger partial charge >= 0.3 is 0 Å². The summed E-state index contributed by atoms with van der Waals surface area (Å²) < 4.78 is 5.07. The van der Waals surface area contributed by atoms with E-state index in [9.17, 15) is 0 Å². The Morgan fingerprint density at radius 2 is 1.23 bits per heavy atom. The lowest BCUT2D eigenvalue weighted by Gasteiger charge is -2.26. The number of rotatable bonds is 4. The molecule has 0 unspecified atom stereocenters. The Kier molecular flexibility index (Phi) is 5.58. The molecule has 0 fully saturated rings. The minimum Gasteiger partial charge on any atom is -0.308 e. The highest BCUT2D eigenvalue weighted by Crippen LogP contribution is 2.46. The molecule has 0 bridgehead atoms. The summed E-state index contributed by atoms with van der Waals surface area (Å²) in [6.07, 6.45) is 2.04. The van der Waals surface area contributed by atoms with Crippen molar-refractivity contribution < 1.29 is 0 Å². The third-order valence-corrected chi connectivity index (χ3v) is 10.6. The molecule has 0 saturated heterocycles. The zero-order valence-corrected chi connectivity index (χ0v) is 24.7. The van der Waals surface area contributed by atoms with Gasteiger partial charge in [0.15, 0.2) is 0 Å². The van der Waals surface area contributed by atoms with E-state index < -0.39 is 0 Å². The van der Waals surface area contributed by atoms with Crippen LogP contribution in [0.5, 0.6) is 0 Å². The van der Waals surface area contributed by atoms with Crippen LogP contribution >= 0.6 is 22.7 Å². The molecule has 0 aliphatic rings. The number of pyridine rings is 1. The Morgan fingerprint density at radius 1 is 0.488 bits per heavy atom. The monoisotopic (exact) mass is 584 g/mol. The summed E-state index contributed by atoms with van der Waals surface area (Å²) in [6, 6.07) is 50.2. The number of fused-ring (bicyclic) bond motifs is 8. The Labute approximate surface area is 256 Å². The van der Waals surface area contributed by atoms with Crippen molar-refractivity contribution in [2.75, 3.05) is 4.90 Å². The van der Waals surface area contributed by atoms with Crippen LogP contribution in [0.15, 0.2) is 146 Å². The molecule has 4 heteroatoms. The first-order valence-corrected chi connectivity index (χ1v) is 16.0. The SMILES string of the molecule is c1ccc(-c2ccc(N(c3cnc4c(c3)sc3c5ccccc5ccc43)c3cccc4sc5ccccc5c34)cc2)cc1. The van der Waals surface area contributed by atoms with Crippen molar-refractivity contribution in [3.8, 4) is 11.1 Å². The molecule has 3 aromatic heterocycles. The predicted molar refractivity (Wildman–Crippen MR) is 188 cm³/mol. The van der Waals surface area contributed by atoms with E-state index in [1.54, 1.807) is 0 Å². The van der Waals surface area contributed by atoms with E-state index in [4.69, 9.17) is 4.98 Å². The highest BCUT2D eigenvalue weighted by Gasteiger charge is 2.20. The number of anilines is 3. The number of aromatic nitrogens is 1. The summed E-state index contributed by atoms with van der Waals surface area (Å²) in [5, 5.41) is 6.32. The summed E-state index contributed by atoms with van der Waals surface area (Å²) >= 11 is 3.68. The van der Waals surface area contributed by atoms with Crippen molar-refractivity contribution in [3.63, 3.8) is 0 Å². The molecule has 0 saturated carbocycles. The average molecular weight is 585 g/mol. The van der Waals surface area contributed by atoms with Gasteiger partial charge in [-0.1, -0.05) is 103 Å². The van der Waals surface area contributed by atoms with Crippen LogP contribution in [0.3, 0.4) is 0 Å². The molecule has 0 aliphatic carbocycles. The minimum absolute atomic E-state index is 1.05. The van der Waals surface area contributed by atoms with Crippen LogP contribution in [0.2, 0.25) is 0 Å². The number of nitrogens with zero attached hydrogens (tertiary/aromatic N) is 2. The first-order valence-electron chi connectivity index (χ1n) is 14.4. The van der Waals surface area contributed by atoms with Crippen LogP contribution in [0.4, 0.5) is 17.1 Å². The lowest BCUT2D eigenvalue weighted by Crippen LogP contribution is -2.10. The molecule has 0 radical (unpaired) electrons. The van der Waals surface area contributed by atoms with Gasteiger partial charge in [-0.3, -0.25) is 4.98 Å². The van der Waals surface area contributed by atoms with Crippen molar-refractivity contribution in [1.82, 2.24) is 4.98 Å². The molecule has 3 heterocycles. The molecule has 9 rings (SSSR count). The Hall–Kier alpha value is -5.03. The van der Waals surface area contributed by atoms with Crippen molar-refractivity contribution in [1.29, 1.82) is 0 Å². The van der Waals surface area contributed by atoms with Gasteiger partial charge in [-0.05, 0) is 58.3 Å².